The first-order chi connectivity index (χ1) is 14.2. The number of aryl methyl sites for hydroxylation is 2. The Morgan fingerprint density at radius 3 is 2.57 bits per heavy atom. The highest BCUT2D eigenvalue weighted by molar-refractivity contribution is 7.99. The van der Waals surface area contributed by atoms with Gasteiger partial charge < -0.3 is 5.32 Å². The second-order valence-electron chi connectivity index (χ2n) is 9.48. The highest BCUT2D eigenvalue weighted by atomic mass is 32.2. The van der Waals surface area contributed by atoms with Crippen molar-refractivity contribution in [1.29, 1.82) is 0 Å². The number of hydrogen-bond donors (Lipinski definition) is 1. The van der Waals surface area contributed by atoms with E-state index < -0.39 is 0 Å². The summed E-state index contributed by atoms with van der Waals surface area (Å²) in [6.07, 6.45) is 2.99. The lowest BCUT2D eigenvalue weighted by Gasteiger charge is -2.45. The Morgan fingerprint density at radius 1 is 1.20 bits per heavy atom. The highest BCUT2D eigenvalue weighted by Gasteiger charge is 2.32. The number of piperidine rings is 1. The summed E-state index contributed by atoms with van der Waals surface area (Å²) in [7, 11) is 0. The molecule has 6 nitrogen and oxygen atoms in total. The molecule has 2 unspecified atom stereocenters. The molecule has 0 spiro atoms. The molecule has 3 rings (SSSR count). The standard InChI is InChI=1S/C23H35N5OS/c1-16-9-17(2)12-27(11-16)23(5,6)14-24-21(29)13-30-22-26-25-15-28(22)20-8-7-18(3)19(4)10-20/h7-8,10,15-17H,9,11-14H2,1-6H3,(H,24,29). The van der Waals surface area contributed by atoms with Gasteiger partial charge in [-0.05, 0) is 69.2 Å². The number of nitrogens with one attached hydrogen (secondary N) is 1. The highest BCUT2D eigenvalue weighted by Crippen LogP contribution is 2.27. The van der Waals surface area contributed by atoms with Crippen molar-refractivity contribution in [3.8, 4) is 5.69 Å². The summed E-state index contributed by atoms with van der Waals surface area (Å²) in [5.74, 6) is 1.76. The fourth-order valence-electron chi connectivity index (χ4n) is 4.14. The van der Waals surface area contributed by atoms with Crippen molar-refractivity contribution in [2.45, 2.75) is 58.7 Å². The molecule has 1 aromatic heterocycles. The predicted molar refractivity (Wildman–Crippen MR) is 123 cm³/mol. The first-order valence-corrected chi connectivity index (χ1v) is 11.8. The van der Waals surface area contributed by atoms with Crippen LogP contribution >= 0.6 is 11.8 Å². The van der Waals surface area contributed by atoms with E-state index in [1.54, 1.807) is 6.33 Å². The van der Waals surface area contributed by atoms with E-state index in [2.05, 4.69) is 80.2 Å². The van der Waals surface area contributed by atoms with Crippen molar-refractivity contribution >= 4 is 17.7 Å². The van der Waals surface area contributed by atoms with Gasteiger partial charge in [0.15, 0.2) is 5.16 Å². The number of nitrogens with zero attached hydrogens (tertiary/aromatic N) is 4. The Bertz CT molecular complexity index is 868. The monoisotopic (exact) mass is 429 g/mol. The maximum Gasteiger partial charge on any atom is 0.230 e. The number of hydrogen-bond acceptors (Lipinski definition) is 5. The van der Waals surface area contributed by atoms with E-state index in [0.717, 1.165) is 23.9 Å². The molecule has 0 radical (unpaired) electrons. The van der Waals surface area contributed by atoms with Gasteiger partial charge in [-0.2, -0.15) is 0 Å². The van der Waals surface area contributed by atoms with Crippen molar-refractivity contribution in [2.24, 2.45) is 11.8 Å². The van der Waals surface area contributed by atoms with Gasteiger partial charge in [-0.1, -0.05) is 31.7 Å². The Kier molecular flexibility index (Phi) is 7.24. The zero-order chi connectivity index (χ0) is 21.9. The Balaban J connectivity index is 1.54. The minimum absolute atomic E-state index is 0.0285. The van der Waals surface area contributed by atoms with Gasteiger partial charge in [0, 0.05) is 30.9 Å². The van der Waals surface area contributed by atoms with E-state index in [1.165, 1.54) is 29.3 Å². The van der Waals surface area contributed by atoms with Crippen molar-refractivity contribution in [3.05, 3.63) is 35.7 Å². The molecule has 164 valence electrons. The second kappa shape index (κ2) is 9.52. The quantitative estimate of drug-likeness (QED) is 0.678. The molecule has 2 heterocycles. The van der Waals surface area contributed by atoms with Crippen LogP contribution in [0.3, 0.4) is 0 Å². The van der Waals surface area contributed by atoms with Gasteiger partial charge in [-0.25, -0.2) is 0 Å². The van der Waals surface area contributed by atoms with E-state index >= 15 is 0 Å². The van der Waals surface area contributed by atoms with Crippen LogP contribution in [0.25, 0.3) is 5.69 Å². The lowest BCUT2D eigenvalue weighted by Crippen LogP contribution is -2.56. The summed E-state index contributed by atoms with van der Waals surface area (Å²) < 4.78 is 1.94. The number of aromatic nitrogens is 3. The summed E-state index contributed by atoms with van der Waals surface area (Å²) in [6, 6.07) is 6.26. The molecular formula is C23H35N5OS. The molecule has 1 fully saturated rings. The number of carbonyl (C=O) groups is 1. The molecular weight excluding hydrogens is 394 g/mol. The first kappa shape index (κ1) is 22.8. The maximum atomic E-state index is 12.5. The fourth-order valence-corrected chi connectivity index (χ4v) is 4.90. The number of benzene rings is 1. The molecule has 1 saturated heterocycles. The van der Waals surface area contributed by atoms with Crippen LogP contribution in [0.1, 0.15) is 45.2 Å². The summed E-state index contributed by atoms with van der Waals surface area (Å²) in [6.45, 7) is 16.1. The molecule has 2 atom stereocenters. The number of thioether (sulfide) groups is 1. The molecule has 0 aliphatic carbocycles. The molecule has 2 aromatic rings. The van der Waals surface area contributed by atoms with Crippen LogP contribution in [0.5, 0.6) is 0 Å². The van der Waals surface area contributed by atoms with E-state index in [-0.39, 0.29) is 11.4 Å². The van der Waals surface area contributed by atoms with Gasteiger partial charge in [0.2, 0.25) is 5.91 Å². The topological polar surface area (TPSA) is 63.1 Å². The predicted octanol–water partition coefficient (Wildman–Crippen LogP) is 3.85. The van der Waals surface area contributed by atoms with Gasteiger partial charge in [-0.3, -0.25) is 14.3 Å². The Hall–Kier alpha value is -1.86. The van der Waals surface area contributed by atoms with Crippen molar-refractivity contribution in [2.75, 3.05) is 25.4 Å². The third-order valence-corrected chi connectivity index (χ3v) is 7.00. The number of carbonyl (C=O) groups excluding carboxylic acids is 1. The van der Waals surface area contributed by atoms with Crippen LogP contribution in [0.4, 0.5) is 0 Å². The van der Waals surface area contributed by atoms with Gasteiger partial charge in [0.05, 0.1) is 5.75 Å². The van der Waals surface area contributed by atoms with Crippen molar-refractivity contribution in [3.63, 3.8) is 0 Å². The minimum Gasteiger partial charge on any atom is -0.354 e. The maximum absolute atomic E-state index is 12.5. The normalized spacial score (nSPS) is 20.3. The lowest BCUT2D eigenvalue weighted by molar-refractivity contribution is -0.119. The molecule has 30 heavy (non-hydrogen) atoms. The van der Waals surface area contributed by atoms with Crippen LogP contribution < -0.4 is 5.32 Å². The molecule has 1 N–H and O–H groups in total. The van der Waals surface area contributed by atoms with Crippen molar-refractivity contribution in [1.82, 2.24) is 25.0 Å². The summed E-state index contributed by atoms with van der Waals surface area (Å²) >= 11 is 1.42. The van der Waals surface area contributed by atoms with E-state index in [4.69, 9.17) is 0 Å². The SMILES string of the molecule is Cc1ccc(-n2cnnc2SCC(=O)NCC(C)(C)N2CC(C)CC(C)C2)cc1C. The largest absolute Gasteiger partial charge is 0.354 e. The molecule has 0 saturated carbocycles. The number of likely N-dealkylation sites (tertiary alicyclic amines) is 1. The van der Waals surface area contributed by atoms with Crippen molar-refractivity contribution < 1.29 is 4.79 Å². The Labute approximate surface area is 184 Å². The molecule has 1 aliphatic heterocycles. The zero-order valence-electron chi connectivity index (χ0n) is 19.1. The van der Waals surface area contributed by atoms with Gasteiger partial charge in [0.25, 0.3) is 0 Å². The van der Waals surface area contributed by atoms with Gasteiger partial charge >= 0.3 is 0 Å². The average Bonchev–Trinajstić information content (AvgIpc) is 3.15. The first-order valence-electron chi connectivity index (χ1n) is 10.8. The van der Waals surface area contributed by atoms with E-state index in [0.29, 0.717) is 24.1 Å². The van der Waals surface area contributed by atoms with Crippen LogP contribution in [0.2, 0.25) is 0 Å². The van der Waals surface area contributed by atoms with Crippen LogP contribution in [-0.4, -0.2) is 56.5 Å². The summed E-state index contributed by atoms with van der Waals surface area (Å²) in [5, 5.41) is 12.1. The second-order valence-corrected chi connectivity index (χ2v) is 10.4. The number of amides is 1. The molecule has 1 aromatic carbocycles. The lowest BCUT2D eigenvalue weighted by atomic mass is 9.88. The molecule has 1 amide bonds. The summed E-state index contributed by atoms with van der Waals surface area (Å²) in [5.41, 5.74) is 3.43. The van der Waals surface area contributed by atoms with Crippen LogP contribution in [0, 0.1) is 25.7 Å². The number of rotatable bonds is 7. The van der Waals surface area contributed by atoms with Gasteiger partial charge in [0.1, 0.15) is 6.33 Å². The fraction of sp³-hybridized carbons (Fsp3) is 0.609. The van der Waals surface area contributed by atoms with E-state index in [1.807, 2.05) is 4.57 Å². The third kappa shape index (κ3) is 5.64. The molecule has 1 aliphatic rings. The molecule has 0 bridgehead atoms. The van der Waals surface area contributed by atoms with Crippen LogP contribution in [-0.2, 0) is 4.79 Å². The van der Waals surface area contributed by atoms with E-state index in [9.17, 15) is 4.79 Å². The smallest absolute Gasteiger partial charge is 0.230 e. The van der Waals surface area contributed by atoms with Crippen LogP contribution in [0.15, 0.2) is 29.7 Å². The molecule has 7 heteroatoms. The minimum atomic E-state index is -0.0529. The summed E-state index contributed by atoms with van der Waals surface area (Å²) in [4.78, 5) is 15.1. The zero-order valence-corrected chi connectivity index (χ0v) is 19.9. The average molecular weight is 430 g/mol. The Morgan fingerprint density at radius 2 is 1.90 bits per heavy atom. The third-order valence-electron chi connectivity index (χ3n) is 6.06. The van der Waals surface area contributed by atoms with Gasteiger partial charge in [-0.15, -0.1) is 10.2 Å².